The van der Waals surface area contributed by atoms with E-state index in [1.165, 1.54) is 7.11 Å². The van der Waals surface area contributed by atoms with Gasteiger partial charge < -0.3 is 35.7 Å². The van der Waals surface area contributed by atoms with Crippen LogP contribution in [-0.4, -0.2) is 70.1 Å². The maximum absolute atomic E-state index is 11.7. The maximum Gasteiger partial charge on any atom is 0.409 e. The number of rotatable bonds is 7. The van der Waals surface area contributed by atoms with Gasteiger partial charge in [-0.1, -0.05) is 6.07 Å². The molecule has 0 bridgehead atoms. The number of carbonyl (C=O) groups is 1. The Morgan fingerprint density at radius 1 is 1.05 bits per heavy atom. The lowest BCUT2D eigenvalue weighted by molar-refractivity contribution is 0.0740. The Morgan fingerprint density at radius 2 is 1.76 bits per heavy atom. The second kappa shape index (κ2) is 10.8. The van der Waals surface area contributed by atoms with Crippen molar-refractivity contribution in [2.75, 3.05) is 48.8 Å². The summed E-state index contributed by atoms with van der Waals surface area (Å²) >= 11 is 0. The van der Waals surface area contributed by atoms with E-state index in [4.69, 9.17) is 10.1 Å². The molecule has 0 aliphatic carbocycles. The van der Waals surface area contributed by atoms with E-state index in [0.29, 0.717) is 47.6 Å². The van der Waals surface area contributed by atoms with Gasteiger partial charge in [-0.2, -0.15) is 4.98 Å². The molecular weight excluding hydrogens is 472 g/mol. The summed E-state index contributed by atoms with van der Waals surface area (Å²) in [5, 5.41) is 24.8. The van der Waals surface area contributed by atoms with E-state index < -0.39 is 5.60 Å². The number of amides is 1. The molecule has 0 atom stereocenters. The van der Waals surface area contributed by atoms with Crippen molar-refractivity contribution in [1.82, 2.24) is 19.9 Å². The van der Waals surface area contributed by atoms with Gasteiger partial charge in [0.2, 0.25) is 5.95 Å². The lowest BCUT2D eigenvalue weighted by Gasteiger charge is -2.35. The van der Waals surface area contributed by atoms with Gasteiger partial charge in [-0.15, -0.1) is 0 Å². The van der Waals surface area contributed by atoms with E-state index in [1.807, 2.05) is 24.3 Å². The highest BCUT2D eigenvalue weighted by atomic mass is 16.5. The first-order valence-corrected chi connectivity index (χ1v) is 12.0. The summed E-state index contributed by atoms with van der Waals surface area (Å²) in [6.07, 6.45) is 1.30. The molecular formula is C26H32N8O3. The Morgan fingerprint density at radius 3 is 2.38 bits per heavy atom. The summed E-state index contributed by atoms with van der Waals surface area (Å²) in [6.45, 7) is 7.70. The van der Waals surface area contributed by atoms with E-state index >= 15 is 0 Å². The molecule has 1 saturated heterocycles. The number of nitrogens with zero attached hydrogens (tertiary/aromatic N) is 5. The summed E-state index contributed by atoms with van der Waals surface area (Å²) in [7, 11) is 1.40. The van der Waals surface area contributed by atoms with Crippen molar-refractivity contribution in [3.63, 3.8) is 0 Å². The fourth-order valence-corrected chi connectivity index (χ4v) is 3.94. The molecule has 1 aliphatic rings. The SMILES string of the molecule is COC(=O)N1CCN(c2ccc(Nc3ncc(C(C)=N)c(Nc4cccc(C(C)(C)O)n4)n3)cc2)CC1. The Balaban J connectivity index is 1.47. The summed E-state index contributed by atoms with van der Waals surface area (Å²) in [5.41, 5.74) is 2.16. The molecule has 4 rings (SSSR count). The molecule has 2 aromatic heterocycles. The number of methoxy groups -OCH3 is 1. The Hall–Kier alpha value is -4.25. The van der Waals surface area contributed by atoms with Crippen molar-refractivity contribution in [3.8, 4) is 0 Å². The number of anilines is 5. The normalized spacial score (nSPS) is 13.8. The standard InChI is InChI=1S/C26H32N8O3/c1-17(27)20-16-28-24(32-23(20)31-22-7-5-6-21(30-22)26(2,3)36)29-18-8-10-19(11-9-18)33-12-14-34(15-13-33)25(35)37-4/h5-11,16,27,36H,12-15H2,1-4H3,(H2,28,29,30,31,32). The monoisotopic (exact) mass is 504 g/mol. The predicted molar refractivity (Wildman–Crippen MR) is 143 cm³/mol. The molecule has 0 unspecified atom stereocenters. The fourth-order valence-electron chi connectivity index (χ4n) is 3.94. The second-order valence-electron chi connectivity index (χ2n) is 9.29. The first kappa shape index (κ1) is 25.8. The topological polar surface area (TPSA) is 140 Å². The van der Waals surface area contributed by atoms with Gasteiger partial charge >= 0.3 is 6.09 Å². The van der Waals surface area contributed by atoms with Gasteiger partial charge in [-0.3, -0.25) is 0 Å². The number of ether oxygens (including phenoxy) is 1. The van der Waals surface area contributed by atoms with Gasteiger partial charge in [0.1, 0.15) is 17.2 Å². The third kappa shape index (κ3) is 6.31. The Labute approximate surface area is 216 Å². The Kier molecular flexibility index (Phi) is 7.53. The van der Waals surface area contributed by atoms with Crippen molar-refractivity contribution < 1.29 is 14.6 Å². The quantitative estimate of drug-likeness (QED) is 0.353. The number of aromatic nitrogens is 3. The van der Waals surface area contributed by atoms with Crippen LogP contribution in [0, 0.1) is 5.41 Å². The summed E-state index contributed by atoms with van der Waals surface area (Å²) < 4.78 is 4.80. The van der Waals surface area contributed by atoms with Crippen LogP contribution < -0.4 is 15.5 Å². The van der Waals surface area contributed by atoms with Crippen molar-refractivity contribution in [2.24, 2.45) is 0 Å². The number of carbonyl (C=O) groups excluding carboxylic acids is 1. The first-order valence-electron chi connectivity index (χ1n) is 12.0. The van der Waals surface area contributed by atoms with Crippen LogP contribution in [0.25, 0.3) is 0 Å². The minimum Gasteiger partial charge on any atom is -0.453 e. The van der Waals surface area contributed by atoms with Gasteiger partial charge in [0.25, 0.3) is 0 Å². The molecule has 1 fully saturated rings. The molecule has 194 valence electrons. The number of hydrogen-bond acceptors (Lipinski definition) is 10. The third-order valence-corrected chi connectivity index (χ3v) is 6.02. The fraction of sp³-hybridized carbons (Fsp3) is 0.346. The van der Waals surface area contributed by atoms with Crippen LogP contribution in [0.1, 0.15) is 32.0 Å². The summed E-state index contributed by atoms with van der Waals surface area (Å²) in [4.78, 5) is 29.1. The summed E-state index contributed by atoms with van der Waals surface area (Å²) in [6, 6.07) is 13.2. The zero-order valence-corrected chi connectivity index (χ0v) is 21.4. The minimum atomic E-state index is -1.09. The van der Waals surface area contributed by atoms with E-state index in [-0.39, 0.29) is 6.09 Å². The molecule has 0 spiro atoms. The molecule has 3 heterocycles. The largest absolute Gasteiger partial charge is 0.453 e. The van der Waals surface area contributed by atoms with Gasteiger partial charge in [-0.05, 0) is 57.2 Å². The summed E-state index contributed by atoms with van der Waals surface area (Å²) in [5.74, 6) is 1.31. The molecule has 3 aromatic rings. The van der Waals surface area contributed by atoms with Crippen molar-refractivity contribution in [2.45, 2.75) is 26.4 Å². The highest BCUT2D eigenvalue weighted by molar-refractivity contribution is 6.00. The van der Waals surface area contributed by atoms with Crippen molar-refractivity contribution >= 4 is 40.8 Å². The number of pyridine rings is 1. The number of aliphatic hydroxyl groups is 1. The van der Waals surface area contributed by atoms with E-state index in [1.54, 1.807) is 50.1 Å². The van der Waals surface area contributed by atoms with Crippen LogP contribution in [0.4, 0.5) is 33.8 Å². The predicted octanol–water partition coefficient (Wildman–Crippen LogP) is 3.86. The number of nitrogens with one attached hydrogen (secondary N) is 3. The molecule has 1 amide bonds. The third-order valence-electron chi connectivity index (χ3n) is 6.02. The van der Waals surface area contributed by atoms with Crippen molar-refractivity contribution in [1.29, 1.82) is 5.41 Å². The zero-order chi connectivity index (χ0) is 26.6. The van der Waals surface area contributed by atoms with Crippen LogP contribution in [-0.2, 0) is 10.3 Å². The molecule has 0 radical (unpaired) electrons. The second-order valence-corrected chi connectivity index (χ2v) is 9.29. The lowest BCUT2D eigenvalue weighted by atomic mass is 10.1. The smallest absolute Gasteiger partial charge is 0.409 e. The first-order chi connectivity index (χ1) is 17.6. The van der Waals surface area contributed by atoms with Crippen LogP contribution in [0.5, 0.6) is 0 Å². The molecule has 4 N–H and O–H groups in total. The molecule has 0 saturated carbocycles. The maximum atomic E-state index is 11.7. The highest BCUT2D eigenvalue weighted by Crippen LogP contribution is 2.25. The van der Waals surface area contributed by atoms with Gasteiger partial charge in [0, 0.05) is 49.5 Å². The Bertz CT molecular complexity index is 1270. The van der Waals surface area contributed by atoms with E-state index in [0.717, 1.165) is 24.5 Å². The number of hydrogen-bond donors (Lipinski definition) is 4. The zero-order valence-electron chi connectivity index (χ0n) is 21.4. The highest BCUT2D eigenvalue weighted by Gasteiger charge is 2.22. The molecule has 11 nitrogen and oxygen atoms in total. The molecule has 1 aromatic carbocycles. The number of benzene rings is 1. The average Bonchev–Trinajstić information content (AvgIpc) is 2.88. The van der Waals surface area contributed by atoms with Crippen LogP contribution in [0.3, 0.4) is 0 Å². The number of piperazine rings is 1. The van der Waals surface area contributed by atoms with Gasteiger partial charge in [0.05, 0.1) is 18.4 Å². The van der Waals surface area contributed by atoms with Gasteiger partial charge in [-0.25, -0.2) is 14.8 Å². The van der Waals surface area contributed by atoms with E-state index in [9.17, 15) is 9.90 Å². The average molecular weight is 505 g/mol. The van der Waals surface area contributed by atoms with Gasteiger partial charge in [0.15, 0.2) is 0 Å². The lowest BCUT2D eigenvalue weighted by Crippen LogP contribution is -2.48. The van der Waals surface area contributed by atoms with Crippen LogP contribution in [0.15, 0.2) is 48.7 Å². The molecule has 37 heavy (non-hydrogen) atoms. The molecule has 1 aliphatic heterocycles. The van der Waals surface area contributed by atoms with Crippen molar-refractivity contribution in [3.05, 3.63) is 59.9 Å². The minimum absolute atomic E-state index is 0.294. The van der Waals surface area contributed by atoms with Crippen LogP contribution in [0.2, 0.25) is 0 Å². The molecule has 11 heteroatoms. The van der Waals surface area contributed by atoms with Crippen LogP contribution >= 0.6 is 0 Å². The van der Waals surface area contributed by atoms with E-state index in [2.05, 4.69) is 30.5 Å².